The predicted octanol–water partition coefficient (Wildman–Crippen LogP) is 1.28. The minimum Gasteiger partial charge on any atom is -0.339 e. The number of methoxy groups -OCH3 is 2. The van der Waals surface area contributed by atoms with Crippen LogP contribution in [-0.4, -0.2) is 62.0 Å². The first-order valence-electron chi connectivity index (χ1n) is 8.33. The molecular weight excluding hydrogens is 348 g/mol. The lowest BCUT2D eigenvalue weighted by molar-refractivity contribution is -0.0905. The van der Waals surface area contributed by atoms with Crippen molar-refractivity contribution in [2.75, 3.05) is 56.4 Å². The molecule has 0 radical (unpaired) electrons. The van der Waals surface area contributed by atoms with Gasteiger partial charge in [-0.25, -0.2) is 19.4 Å². The van der Waals surface area contributed by atoms with E-state index < -0.39 is 6.41 Å². The van der Waals surface area contributed by atoms with Crippen molar-refractivity contribution in [3.05, 3.63) is 0 Å². The second-order valence-electron chi connectivity index (χ2n) is 4.39. The van der Waals surface area contributed by atoms with Crippen LogP contribution in [0.4, 0.5) is 17.8 Å². The highest BCUT2D eigenvalue weighted by Gasteiger charge is 2.21. The van der Waals surface area contributed by atoms with Crippen molar-refractivity contribution < 1.29 is 28.8 Å². The van der Waals surface area contributed by atoms with Gasteiger partial charge in [0.15, 0.2) is 0 Å². The van der Waals surface area contributed by atoms with Gasteiger partial charge < -0.3 is 14.8 Å². The molecule has 0 saturated carbocycles. The summed E-state index contributed by atoms with van der Waals surface area (Å²) in [5.41, 5.74) is 0. The molecule has 0 amide bonds. The molecule has 0 aliphatic carbocycles. The van der Waals surface area contributed by atoms with E-state index in [1.54, 1.807) is 0 Å². The molecule has 1 aromatic heterocycles. The van der Waals surface area contributed by atoms with Crippen molar-refractivity contribution in [3.8, 4) is 0 Å². The van der Waals surface area contributed by atoms with Crippen molar-refractivity contribution in [2.24, 2.45) is 0 Å². The summed E-state index contributed by atoms with van der Waals surface area (Å²) in [5, 5.41) is 5.05. The van der Waals surface area contributed by atoms with E-state index in [9.17, 15) is 0 Å². The first kappa shape index (κ1) is 22.2. The molecule has 0 bridgehead atoms. The van der Waals surface area contributed by atoms with Gasteiger partial charge >= 0.3 is 0 Å². The molecule has 12 nitrogen and oxygen atoms in total. The van der Waals surface area contributed by atoms with Crippen LogP contribution in [0.3, 0.4) is 0 Å². The van der Waals surface area contributed by atoms with Gasteiger partial charge in [0.2, 0.25) is 12.4 Å². The number of hydrogen-bond donors (Lipinski definition) is 1. The third kappa shape index (κ3) is 6.82. The van der Waals surface area contributed by atoms with Gasteiger partial charge in [0.25, 0.3) is 11.9 Å². The van der Waals surface area contributed by atoms with Crippen LogP contribution in [0, 0.1) is 0 Å². The molecule has 0 aliphatic rings. The number of hydrogen-bond acceptors (Lipinski definition) is 12. The smallest absolute Gasteiger partial charge is 0.284 e. The molecule has 0 fully saturated rings. The van der Waals surface area contributed by atoms with E-state index in [0.717, 1.165) is 10.5 Å². The largest absolute Gasteiger partial charge is 0.339 e. The van der Waals surface area contributed by atoms with Gasteiger partial charge in [0, 0.05) is 14.2 Å². The lowest BCUT2D eigenvalue weighted by atomic mass is 10.8. The van der Waals surface area contributed by atoms with Crippen molar-refractivity contribution in [1.82, 2.24) is 15.0 Å². The zero-order valence-electron chi connectivity index (χ0n) is 16.1. The summed E-state index contributed by atoms with van der Waals surface area (Å²) in [5.74, 6) is 0.334. The fraction of sp³-hybridized carbons (Fsp3) is 0.786. The minimum atomic E-state index is -0.765. The first-order chi connectivity index (χ1) is 12.6. The van der Waals surface area contributed by atoms with E-state index >= 15 is 0 Å². The summed E-state index contributed by atoms with van der Waals surface area (Å²) in [6.45, 7) is 8.65. The van der Waals surface area contributed by atoms with Gasteiger partial charge in [-0.3, -0.25) is 0 Å². The summed E-state index contributed by atoms with van der Waals surface area (Å²) in [6.07, 6.45) is -0.765. The Kier molecular flexibility index (Phi) is 10.7. The molecule has 1 N–H and O–H groups in total. The van der Waals surface area contributed by atoms with Crippen LogP contribution in [0.1, 0.15) is 27.7 Å². The Bertz CT molecular complexity index is 461. The van der Waals surface area contributed by atoms with Crippen molar-refractivity contribution in [1.29, 1.82) is 0 Å². The lowest BCUT2D eigenvalue weighted by Crippen LogP contribution is -2.31. The molecule has 0 unspecified atom stereocenters. The average Bonchev–Trinajstić information content (AvgIpc) is 2.65. The molecule has 1 heterocycles. The Morgan fingerprint density at radius 3 is 1.42 bits per heavy atom. The van der Waals surface area contributed by atoms with Crippen LogP contribution >= 0.6 is 0 Å². The van der Waals surface area contributed by atoms with Crippen molar-refractivity contribution in [2.45, 2.75) is 34.1 Å². The van der Waals surface area contributed by atoms with Gasteiger partial charge in [-0.1, -0.05) is 10.5 Å². The molecule has 0 aromatic carbocycles. The van der Waals surface area contributed by atoms with E-state index in [-0.39, 0.29) is 17.8 Å². The molecule has 150 valence electrons. The summed E-state index contributed by atoms with van der Waals surface area (Å²) in [7, 11) is 2.95. The number of anilines is 3. The van der Waals surface area contributed by atoms with E-state index in [1.165, 1.54) is 14.2 Å². The highest BCUT2D eigenvalue weighted by Crippen LogP contribution is 2.19. The molecule has 0 spiro atoms. The maximum atomic E-state index is 5.40. The van der Waals surface area contributed by atoms with Crippen molar-refractivity contribution in [3.63, 3.8) is 0 Å². The third-order valence-corrected chi connectivity index (χ3v) is 2.60. The fourth-order valence-electron chi connectivity index (χ4n) is 1.68. The van der Waals surface area contributed by atoms with E-state index in [1.807, 2.05) is 27.7 Å². The molecule has 1 aromatic rings. The highest BCUT2D eigenvalue weighted by atomic mass is 17.0. The fourth-order valence-corrected chi connectivity index (χ4v) is 1.68. The topological polar surface area (TPSA) is 113 Å². The Labute approximate surface area is 153 Å². The monoisotopic (exact) mass is 376 g/mol. The minimum absolute atomic E-state index is 0.0940. The van der Waals surface area contributed by atoms with Crippen LogP contribution in [0.25, 0.3) is 0 Å². The van der Waals surface area contributed by atoms with Gasteiger partial charge in [-0.2, -0.15) is 15.0 Å². The second-order valence-corrected chi connectivity index (χ2v) is 4.39. The van der Waals surface area contributed by atoms with E-state index in [0.29, 0.717) is 26.4 Å². The lowest BCUT2D eigenvalue weighted by Gasteiger charge is -2.23. The van der Waals surface area contributed by atoms with Gasteiger partial charge in [-0.05, 0) is 27.7 Å². The van der Waals surface area contributed by atoms with Gasteiger partial charge in [-0.15, -0.1) is 0 Å². The second kappa shape index (κ2) is 12.5. The van der Waals surface area contributed by atoms with Crippen LogP contribution < -0.4 is 15.8 Å². The Hall–Kier alpha value is -1.83. The Morgan fingerprint density at radius 1 is 0.731 bits per heavy atom. The molecule has 0 atom stereocenters. The molecule has 1 rings (SSSR count). The standard InChI is InChI=1S/C14H28N6O6/c1-7-23-19(24-8-2)12-15-11(17-14(21-5)22-6)16-13(18-12)20(25-9-3)26-10-4/h14H,7-10H2,1-6H3,(H,15,16,17,18). The molecule has 0 aliphatic heterocycles. The summed E-state index contributed by atoms with van der Waals surface area (Å²) in [6, 6.07) is 0. The quantitative estimate of drug-likeness (QED) is 0.373. The number of aromatic nitrogens is 3. The van der Waals surface area contributed by atoms with Crippen LogP contribution in [0.15, 0.2) is 0 Å². The normalized spacial score (nSPS) is 11.0. The Morgan fingerprint density at radius 2 is 1.12 bits per heavy atom. The van der Waals surface area contributed by atoms with Crippen molar-refractivity contribution >= 4 is 17.8 Å². The summed E-state index contributed by atoms with van der Waals surface area (Å²) in [4.78, 5) is 34.4. The maximum Gasteiger partial charge on any atom is 0.284 e. The van der Waals surface area contributed by atoms with Crippen LogP contribution in [0.5, 0.6) is 0 Å². The van der Waals surface area contributed by atoms with Gasteiger partial charge in [0.1, 0.15) is 0 Å². The number of rotatable bonds is 14. The highest BCUT2D eigenvalue weighted by molar-refractivity contribution is 5.41. The molecular formula is C14H28N6O6. The summed E-state index contributed by atoms with van der Waals surface area (Å²) < 4.78 is 10.2. The van der Waals surface area contributed by atoms with Gasteiger partial charge in [0.05, 0.1) is 26.4 Å². The van der Waals surface area contributed by atoms with Crippen LogP contribution in [-0.2, 0) is 28.8 Å². The molecule has 12 heteroatoms. The number of nitrogens with one attached hydrogen (secondary N) is 1. The predicted molar refractivity (Wildman–Crippen MR) is 92.7 cm³/mol. The zero-order chi connectivity index (χ0) is 19.4. The summed E-state index contributed by atoms with van der Waals surface area (Å²) >= 11 is 0. The maximum absolute atomic E-state index is 5.40. The van der Waals surface area contributed by atoms with Crippen LogP contribution in [0.2, 0.25) is 0 Å². The SMILES string of the molecule is CCON(OCC)c1nc(NC(OC)OC)nc(N(OCC)OCC)n1. The first-order valence-corrected chi connectivity index (χ1v) is 8.33. The molecule has 26 heavy (non-hydrogen) atoms. The Balaban J connectivity index is 3.26. The number of ether oxygens (including phenoxy) is 2. The average molecular weight is 376 g/mol. The zero-order valence-corrected chi connectivity index (χ0v) is 16.1. The number of nitrogens with zero attached hydrogens (tertiary/aromatic N) is 5. The third-order valence-electron chi connectivity index (χ3n) is 2.60. The van der Waals surface area contributed by atoms with E-state index in [2.05, 4.69) is 20.3 Å². The van der Waals surface area contributed by atoms with E-state index in [4.69, 9.17) is 28.8 Å². The molecule has 0 saturated heterocycles.